The number of imidazole rings is 1. The van der Waals surface area contributed by atoms with Crippen LogP contribution in [-0.2, 0) is 33.8 Å². The lowest BCUT2D eigenvalue weighted by atomic mass is 9.93. The van der Waals surface area contributed by atoms with E-state index >= 15 is 4.39 Å². The van der Waals surface area contributed by atoms with Crippen LogP contribution in [0.4, 0.5) is 10.2 Å². The van der Waals surface area contributed by atoms with Crippen LogP contribution in [0.3, 0.4) is 0 Å². The van der Waals surface area contributed by atoms with Gasteiger partial charge in [0.25, 0.3) is 5.91 Å². The van der Waals surface area contributed by atoms with E-state index in [1.165, 1.54) is 0 Å². The normalized spacial score (nSPS) is 20.7. The number of carbonyl (C=O) groups excluding carboxylic acids is 1. The molecule has 2 aromatic heterocycles. The molecular weight excluding hydrogens is 537 g/mol. The van der Waals surface area contributed by atoms with Crippen molar-refractivity contribution in [3.63, 3.8) is 0 Å². The number of amides is 1. The van der Waals surface area contributed by atoms with Crippen LogP contribution in [0.15, 0.2) is 30.3 Å². The maximum Gasteiger partial charge on any atom is 0.261 e. The molecule has 3 aromatic rings. The Kier molecular flexibility index (Phi) is 6.85. The number of fused-ring (bicyclic) bond motifs is 3. The Morgan fingerprint density at radius 3 is 2.65 bits per heavy atom. The highest BCUT2D eigenvalue weighted by Crippen LogP contribution is 2.43. The van der Waals surface area contributed by atoms with Gasteiger partial charge in [0.05, 0.1) is 31.2 Å². The van der Waals surface area contributed by atoms with Gasteiger partial charge in [-0.3, -0.25) is 4.79 Å². The topological polar surface area (TPSA) is 82.0 Å². The highest BCUT2D eigenvalue weighted by Gasteiger charge is 2.39. The molecule has 210 valence electrons. The van der Waals surface area contributed by atoms with Gasteiger partial charge in [-0.1, -0.05) is 23.7 Å². The first-order valence-corrected chi connectivity index (χ1v) is 14.3. The second-order valence-electron chi connectivity index (χ2n) is 10.7. The molecule has 1 aliphatic carbocycles. The Morgan fingerprint density at radius 1 is 1.05 bits per heavy atom. The van der Waals surface area contributed by atoms with Gasteiger partial charge in [-0.15, -0.1) is 0 Å². The standard InChI is InChI=1S/C29H31ClFN5O4/c30-29-23(5-6-24(33-29)34-9-12-38-13-10-34)40-17-26(37)36-8-7-22-28(35-11-14-39-16-25(35)32-22)27(36)20-4-3-19(15-21(20)31)18-1-2-18/h3-6,15,18,27H,1-2,7-14,16-17H2. The summed E-state index contributed by atoms with van der Waals surface area (Å²) in [6.07, 6.45) is 2.76. The molecule has 11 heteroatoms. The van der Waals surface area contributed by atoms with Crippen LogP contribution < -0.4 is 9.64 Å². The highest BCUT2D eigenvalue weighted by atomic mass is 35.5. The Labute approximate surface area is 236 Å². The summed E-state index contributed by atoms with van der Waals surface area (Å²) in [5, 5.41) is 0.195. The molecule has 0 radical (unpaired) electrons. The lowest BCUT2D eigenvalue weighted by molar-refractivity contribution is -0.135. The Hall–Kier alpha value is -3.21. The zero-order chi connectivity index (χ0) is 27.2. The first-order chi connectivity index (χ1) is 19.6. The molecule has 1 unspecified atom stereocenters. The molecule has 1 saturated carbocycles. The Balaban J connectivity index is 1.16. The molecule has 1 saturated heterocycles. The van der Waals surface area contributed by atoms with E-state index < -0.39 is 6.04 Å². The maximum absolute atomic E-state index is 15.7. The molecule has 3 aliphatic heterocycles. The summed E-state index contributed by atoms with van der Waals surface area (Å²) >= 11 is 6.45. The molecule has 1 amide bonds. The molecule has 9 nitrogen and oxygen atoms in total. The largest absolute Gasteiger partial charge is 0.481 e. The van der Waals surface area contributed by atoms with E-state index in [9.17, 15) is 4.79 Å². The van der Waals surface area contributed by atoms with E-state index in [2.05, 4.69) is 14.5 Å². The number of hydrogen-bond donors (Lipinski definition) is 0. The van der Waals surface area contributed by atoms with Crippen LogP contribution >= 0.6 is 11.6 Å². The average molecular weight is 568 g/mol. The van der Waals surface area contributed by atoms with Gasteiger partial charge < -0.3 is 28.6 Å². The molecule has 1 aromatic carbocycles. The van der Waals surface area contributed by atoms with E-state index in [-0.39, 0.29) is 23.5 Å². The number of aromatic nitrogens is 3. The van der Waals surface area contributed by atoms with Crippen molar-refractivity contribution in [1.82, 2.24) is 19.4 Å². The number of nitrogens with zero attached hydrogens (tertiary/aromatic N) is 5. The molecule has 4 aliphatic rings. The molecule has 1 atom stereocenters. The molecule has 7 rings (SSSR count). The number of morpholine rings is 1. The number of benzene rings is 1. The minimum atomic E-state index is -0.607. The lowest BCUT2D eigenvalue weighted by Gasteiger charge is -2.37. The highest BCUT2D eigenvalue weighted by molar-refractivity contribution is 6.31. The van der Waals surface area contributed by atoms with Crippen molar-refractivity contribution < 1.29 is 23.4 Å². The summed E-state index contributed by atoms with van der Waals surface area (Å²) < 4.78 is 34.7. The molecule has 40 heavy (non-hydrogen) atoms. The van der Waals surface area contributed by atoms with Crippen LogP contribution in [0.5, 0.6) is 5.75 Å². The van der Waals surface area contributed by atoms with Gasteiger partial charge in [-0.2, -0.15) is 0 Å². The van der Waals surface area contributed by atoms with Gasteiger partial charge in [0.2, 0.25) is 0 Å². The number of halogens is 2. The van der Waals surface area contributed by atoms with Crippen molar-refractivity contribution in [3.05, 3.63) is 69.6 Å². The lowest BCUT2D eigenvalue weighted by Crippen LogP contribution is -2.44. The number of hydrogen-bond acceptors (Lipinski definition) is 7. The Bertz CT molecular complexity index is 1440. The summed E-state index contributed by atoms with van der Waals surface area (Å²) in [4.78, 5) is 26.8. The third-order valence-corrected chi connectivity index (χ3v) is 8.46. The molecule has 0 spiro atoms. The summed E-state index contributed by atoms with van der Waals surface area (Å²) in [5.74, 6) is 1.78. The number of pyridine rings is 1. The van der Waals surface area contributed by atoms with Crippen molar-refractivity contribution in [2.75, 3.05) is 51.0 Å². The van der Waals surface area contributed by atoms with Crippen LogP contribution in [-0.4, -0.2) is 71.4 Å². The van der Waals surface area contributed by atoms with E-state index in [1.54, 1.807) is 17.0 Å². The van der Waals surface area contributed by atoms with Gasteiger partial charge >= 0.3 is 0 Å². The first-order valence-electron chi connectivity index (χ1n) is 13.9. The van der Waals surface area contributed by atoms with Crippen molar-refractivity contribution in [3.8, 4) is 5.75 Å². The van der Waals surface area contributed by atoms with Gasteiger partial charge in [-0.25, -0.2) is 14.4 Å². The van der Waals surface area contributed by atoms with E-state index in [0.29, 0.717) is 63.2 Å². The van der Waals surface area contributed by atoms with Crippen molar-refractivity contribution in [2.24, 2.45) is 0 Å². The Morgan fingerprint density at radius 2 is 1.88 bits per heavy atom. The van der Waals surface area contributed by atoms with Crippen molar-refractivity contribution >= 4 is 23.3 Å². The van der Waals surface area contributed by atoms with Crippen LogP contribution in [0.25, 0.3) is 0 Å². The number of rotatable bonds is 6. The smallest absolute Gasteiger partial charge is 0.261 e. The fourth-order valence-corrected chi connectivity index (χ4v) is 6.17. The van der Waals surface area contributed by atoms with Crippen molar-refractivity contribution in [1.29, 1.82) is 0 Å². The second kappa shape index (κ2) is 10.6. The maximum atomic E-state index is 15.7. The zero-order valence-electron chi connectivity index (χ0n) is 22.2. The number of anilines is 1. The van der Waals surface area contributed by atoms with E-state index in [4.69, 9.17) is 30.8 Å². The first kappa shape index (κ1) is 25.7. The van der Waals surface area contributed by atoms with Crippen LogP contribution in [0, 0.1) is 5.82 Å². The molecule has 5 heterocycles. The minimum Gasteiger partial charge on any atom is -0.481 e. The number of ether oxygens (including phenoxy) is 3. The minimum absolute atomic E-state index is 0.195. The van der Waals surface area contributed by atoms with Gasteiger partial charge in [-0.05, 0) is 42.5 Å². The fourth-order valence-electron chi connectivity index (χ4n) is 5.97. The summed E-state index contributed by atoms with van der Waals surface area (Å²) in [6, 6.07) is 8.45. The zero-order valence-corrected chi connectivity index (χ0v) is 22.9. The SMILES string of the molecule is O=C(COc1ccc(N2CCOCC2)nc1Cl)N1CCc2nc3n(c2C1c1ccc(C2CC2)cc1F)CCOC3. The fraction of sp³-hybridized carbons (Fsp3) is 0.483. The summed E-state index contributed by atoms with van der Waals surface area (Å²) in [6.45, 7) is 4.50. The second-order valence-corrected chi connectivity index (χ2v) is 11.1. The third kappa shape index (κ3) is 4.82. The van der Waals surface area contributed by atoms with Gasteiger partial charge in [0, 0.05) is 38.2 Å². The van der Waals surface area contributed by atoms with E-state index in [0.717, 1.165) is 54.5 Å². The summed E-state index contributed by atoms with van der Waals surface area (Å²) in [7, 11) is 0. The van der Waals surface area contributed by atoms with Crippen LogP contribution in [0.2, 0.25) is 5.15 Å². The van der Waals surface area contributed by atoms with Crippen molar-refractivity contribution in [2.45, 2.75) is 44.4 Å². The van der Waals surface area contributed by atoms with E-state index in [1.807, 2.05) is 18.2 Å². The molecule has 0 N–H and O–H groups in total. The predicted molar refractivity (Wildman–Crippen MR) is 145 cm³/mol. The predicted octanol–water partition coefficient (Wildman–Crippen LogP) is 3.87. The quantitative estimate of drug-likeness (QED) is 0.418. The average Bonchev–Trinajstić information content (AvgIpc) is 3.76. The number of carbonyl (C=O) groups is 1. The molecular formula is C29H31ClFN5O4. The monoisotopic (exact) mass is 567 g/mol. The van der Waals surface area contributed by atoms with Gasteiger partial charge in [0.15, 0.2) is 17.5 Å². The van der Waals surface area contributed by atoms with Gasteiger partial charge in [0.1, 0.15) is 30.1 Å². The molecule has 0 bridgehead atoms. The third-order valence-electron chi connectivity index (χ3n) is 8.19. The van der Waals surface area contributed by atoms with Crippen LogP contribution in [0.1, 0.15) is 53.1 Å². The summed E-state index contributed by atoms with van der Waals surface area (Å²) in [5.41, 5.74) is 3.25. The molecule has 2 fully saturated rings.